The molecule has 0 aliphatic carbocycles. The Hall–Kier alpha value is -2.92. The minimum Gasteiger partial charge on any atom is -0.200 e. The number of hydrogen-bond donors (Lipinski definition) is 1. The predicted molar refractivity (Wildman–Crippen MR) is 101 cm³/mol. The summed E-state index contributed by atoms with van der Waals surface area (Å²) in [7, 11) is -3.65. The Balaban J connectivity index is 1.77. The first-order valence-corrected chi connectivity index (χ1v) is 9.31. The molecule has 3 rings (SSSR count). The van der Waals surface area contributed by atoms with Crippen molar-refractivity contribution >= 4 is 15.7 Å². The summed E-state index contributed by atoms with van der Waals surface area (Å²) < 4.78 is 24.4. The molecule has 0 radical (unpaired) electrons. The van der Waals surface area contributed by atoms with Gasteiger partial charge in [0.15, 0.2) is 0 Å². The molecule has 1 N–H and O–H groups in total. The maximum atomic E-state index is 12.2. The summed E-state index contributed by atoms with van der Waals surface area (Å²) in [6.45, 7) is 1.77. The molecule has 0 spiro atoms. The van der Waals surface area contributed by atoms with Gasteiger partial charge in [-0.3, -0.25) is 0 Å². The summed E-state index contributed by atoms with van der Waals surface area (Å²) in [6, 6.07) is 26.1. The fraction of sp³-hybridized carbons (Fsp3) is 0.0500. The van der Waals surface area contributed by atoms with Crippen molar-refractivity contribution in [2.24, 2.45) is 5.10 Å². The molecule has 0 saturated carbocycles. The minimum absolute atomic E-state index is 0.186. The van der Waals surface area contributed by atoms with Crippen LogP contribution in [0.15, 0.2) is 94.9 Å². The van der Waals surface area contributed by atoms with Gasteiger partial charge in [-0.05, 0) is 35.7 Å². The number of nitrogens with zero attached hydrogens (tertiary/aromatic N) is 1. The van der Waals surface area contributed by atoms with E-state index < -0.39 is 10.0 Å². The van der Waals surface area contributed by atoms with Gasteiger partial charge >= 0.3 is 0 Å². The average molecular weight is 350 g/mol. The minimum atomic E-state index is -3.65. The van der Waals surface area contributed by atoms with E-state index in [1.54, 1.807) is 25.1 Å². The van der Waals surface area contributed by atoms with Crippen LogP contribution in [0.5, 0.6) is 0 Å². The van der Waals surface area contributed by atoms with E-state index in [4.69, 9.17) is 0 Å². The quantitative estimate of drug-likeness (QED) is 0.557. The first kappa shape index (κ1) is 16.9. The third kappa shape index (κ3) is 4.14. The second-order valence-corrected chi connectivity index (χ2v) is 7.21. The summed E-state index contributed by atoms with van der Waals surface area (Å²) in [5.41, 5.74) is 3.69. The monoisotopic (exact) mass is 350 g/mol. The molecular weight excluding hydrogens is 332 g/mol. The van der Waals surface area contributed by atoms with Gasteiger partial charge < -0.3 is 0 Å². The zero-order valence-corrected chi connectivity index (χ0v) is 14.6. The lowest BCUT2D eigenvalue weighted by Crippen LogP contribution is -2.19. The van der Waals surface area contributed by atoms with E-state index in [-0.39, 0.29) is 4.90 Å². The van der Waals surface area contributed by atoms with Gasteiger partial charge in [-0.1, -0.05) is 72.8 Å². The van der Waals surface area contributed by atoms with Crippen molar-refractivity contribution in [2.45, 2.75) is 11.8 Å². The number of nitrogens with one attached hydrogen (secondary N) is 1. The van der Waals surface area contributed by atoms with Crippen LogP contribution in [-0.4, -0.2) is 14.1 Å². The summed E-state index contributed by atoms with van der Waals surface area (Å²) in [6.07, 6.45) is 0. The van der Waals surface area contributed by atoms with Crippen molar-refractivity contribution < 1.29 is 8.42 Å². The predicted octanol–water partition coefficient (Wildman–Crippen LogP) is 4.06. The third-order valence-electron chi connectivity index (χ3n) is 3.80. The Morgan fingerprint density at radius 2 is 1.28 bits per heavy atom. The molecule has 0 amide bonds. The molecule has 0 saturated heterocycles. The molecule has 0 unspecified atom stereocenters. The molecular formula is C20H18N2O2S. The first-order valence-electron chi connectivity index (χ1n) is 7.83. The fourth-order valence-electron chi connectivity index (χ4n) is 2.38. The molecule has 0 aromatic heterocycles. The highest BCUT2D eigenvalue weighted by Crippen LogP contribution is 2.19. The SMILES string of the molecule is C/C(=N\NS(=O)(=O)c1ccccc1)c1ccc(-c2ccccc2)cc1. The van der Waals surface area contributed by atoms with E-state index in [0.717, 1.165) is 16.7 Å². The van der Waals surface area contributed by atoms with Crippen LogP contribution in [-0.2, 0) is 10.0 Å². The fourth-order valence-corrected chi connectivity index (χ4v) is 3.26. The topological polar surface area (TPSA) is 58.5 Å². The summed E-state index contributed by atoms with van der Waals surface area (Å²) in [4.78, 5) is 2.47. The second-order valence-electron chi connectivity index (χ2n) is 5.55. The Labute approximate surface area is 147 Å². The van der Waals surface area contributed by atoms with Crippen LogP contribution in [0.3, 0.4) is 0 Å². The van der Waals surface area contributed by atoms with Gasteiger partial charge in [0.25, 0.3) is 10.0 Å². The highest BCUT2D eigenvalue weighted by molar-refractivity contribution is 7.89. The maximum Gasteiger partial charge on any atom is 0.276 e. The summed E-state index contributed by atoms with van der Waals surface area (Å²) >= 11 is 0. The number of sulfonamides is 1. The highest BCUT2D eigenvalue weighted by Gasteiger charge is 2.12. The van der Waals surface area contributed by atoms with Gasteiger partial charge in [0.1, 0.15) is 0 Å². The number of hydrogen-bond acceptors (Lipinski definition) is 3. The van der Waals surface area contributed by atoms with Gasteiger partial charge in [0.05, 0.1) is 10.6 Å². The van der Waals surface area contributed by atoms with Crippen LogP contribution in [0.4, 0.5) is 0 Å². The van der Waals surface area contributed by atoms with E-state index >= 15 is 0 Å². The van der Waals surface area contributed by atoms with Crippen molar-refractivity contribution in [3.63, 3.8) is 0 Å². The largest absolute Gasteiger partial charge is 0.276 e. The number of hydrazone groups is 1. The zero-order chi connectivity index (χ0) is 17.7. The molecule has 4 nitrogen and oxygen atoms in total. The van der Waals surface area contributed by atoms with Gasteiger partial charge in [0.2, 0.25) is 0 Å². The zero-order valence-electron chi connectivity index (χ0n) is 13.8. The Morgan fingerprint density at radius 3 is 1.88 bits per heavy atom. The molecule has 0 atom stereocenters. The number of benzene rings is 3. The lowest BCUT2D eigenvalue weighted by Gasteiger charge is -2.06. The van der Waals surface area contributed by atoms with Crippen molar-refractivity contribution in [1.82, 2.24) is 4.83 Å². The summed E-state index contributed by atoms with van der Waals surface area (Å²) in [5.74, 6) is 0. The van der Waals surface area contributed by atoms with Gasteiger partial charge in [0, 0.05) is 0 Å². The normalized spacial score (nSPS) is 12.0. The lowest BCUT2D eigenvalue weighted by molar-refractivity contribution is 0.584. The van der Waals surface area contributed by atoms with E-state index in [0.29, 0.717) is 5.71 Å². The van der Waals surface area contributed by atoms with Gasteiger partial charge in [-0.25, -0.2) is 0 Å². The van der Waals surface area contributed by atoms with Crippen LogP contribution >= 0.6 is 0 Å². The molecule has 0 bridgehead atoms. The molecule has 3 aromatic rings. The molecule has 126 valence electrons. The van der Waals surface area contributed by atoms with E-state index in [9.17, 15) is 8.42 Å². The summed E-state index contributed by atoms with van der Waals surface area (Å²) in [5, 5.41) is 4.02. The third-order valence-corrected chi connectivity index (χ3v) is 5.02. The molecule has 5 heteroatoms. The van der Waals surface area contributed by atoms with E-state index in [2.05, 4.69) is 9.93 Å². The van der Waals surface area contributed by atoms with Crippen LogP contribution in [0, 0.1) is 0 Å². The maximum absolute atomic E-state index is 12.2. The highest BCUT2D eigenvalue weighted by atomic mass is 32.2. The molecule has 3 aromatic carbocycles. The van der Waals surface area contributed by atoms with Crippen molar-refractivity contribution in [3.8, 4) is 11.1 Å². The van der Waals surface area contributed by atoms with Crippen molar-refractivity contribution in [1.29, 1.82) is 0 Å². The van der Waals surface area contributed by atoms with Crippen LogP contribution in [0.2, 0.25) is 0 Å². The van der Waals surface area contributed by atoms with Crippen LogP contribution < -0.4 is 4.83 Å². The molecule has 0 fully saturated rings. The molecule has 0 aliphatic heterocycles. The van der Waals surface area contributed by atoms with E-state index in [1.165, 1.54) is 12.1 Å². The van der Waals surface area contributed by atoms with Crippen LogP contribution in [0.1, 0.15) is 12.5 Å². The Kier molecular flexibility index (Phi) is 4.95. The standard InChI is InChI=1S/C20H18N2O2S/c1-16(21-22-25(23,24)20-10-6-3-7-11-20)17-12-14-19(15-13-17)18-8-4-2-5-9-18/h2-15,22H,1H3/b21-16+. The lowest BCUT2D eigenvalue weighted by atomic mass is 10.0. The smallest absolute Gasteiger partial charge is 0.200 e. The van der Waals surface area contributed by atoms with Crippen LogP contribution in [0.25, 0.3) is 11.1 Å². The van der Waals surface area contributed by atoms with Gasteiger partial charge in [-0.15, -0.1) is 0 Å². The van der Waals surface area contributed by atoms with Gasteiger partial charge in [-0.2, -0.15) is 18.4 Å². The van der Waals surface area contributed by atoms with Crippen molar-refractivity contribution in [2.75, 3.05) is 0 Å². The first-order chi connectivity index (χ1) is 12.1. The number of rotatable bonds is 5. The van der Waals surface area contributed by atoms with Crippen molar-refractivity contribution in [3.05, 3.63) is 90.5 Å². The second kappa shape index (κ2) is 7.32. The average Bonchev–Trinajstić information content (AvgIpc) is 2.68. The molecule has 25 heavy (non-hydrogen) atoms. The van der Waals surface area contributed by atoms with E-state index in [1.807, 2.05) is 54.6 Å². The Bertz CT molecular complexity index is 965. The Morgan fingerprint density at radius 1 is 0.760 bits per heavy atom. The molecule has 0 heterocycles. The molecule has 0 aliphatic rings.